The van der Waals surface area contributed by atoms with Crippen LogP contribution in [0.2, 0.25) is 0 Å². The first-order valence-electron chi connectivity index (χ1n) is 6.49. The predicted molar refractivity (Wildman–Crippen MR) is 75.2 cm³/mol. The first kappa shape index (κ1) is 14.6. The van der Waals surface area contributed by atoms with Crippen molar-refractivity contribution in [2.75, 3.05) is 18.5 Å². The van der Waals surface area contributed by atoms with Crippen molar-refractivity contribution in [1.29, 1.82) is 0 Å². The number of carboxylic acid groups (broad SMARTS) is 1. The van der Waals surface area contributed by atoms with E-state index in [4.69, 9.17) is 5.11 Å². The first-order chi connectivity index (χ1) is 8.45. The van der Waals surface area contributed by atoms with Crippen molar-refractivity contribution >= 4 is 11.7 Å². The number of nitrogens with zero attached hydrogens (tertiary/aromatic N) is 1. The second kappa shape index (κ2) is 6.43. The minimum Gasteiger partial charge on any atom is -0.481 e. The maximum absolute atomic E-state index is 10.8. The fraction of sp³-hybridized carbons (Fsp3) is 0.533. The minimum atomic E-state index is -0.752. The summed E-state index contributed by atoms with van der Waals surface area (Å²) in [6.07, 6.45) is 1.13. The maximum Gasteiger partial charge on any atom is 0.308 e. The zero-order chi connectivity index (χ0) is 13.7. The molecule has 0 radical (unpaired) electrons. The Morgan fingerprint density at radius 2 is 1.83 bits per heavy atom. The summed E-state index contributed by atoms with van der Waals surface area (Å²) in [5.41, 5.74) is 2.40. The molecule has 0 amide bonds. The number of rotatable bonds is 6. The molecule has 3 heteroatoms. The minimum absolute atomic E-state index is 0.357. The fourth-order valence-electron chi connectivity index (χ4n) is 1.89. The van der Waals surface area contributed by atoms with Crippen molar-refractivity contribution in [2.24, 2.45) is 5.92 Å². The van der Waals surface area contributed by atoms with Crippen molar-refractivity contribution in [1.82, 2.24) is 0 Å². The van der Waals surface area contributed by atoms with Crippen LogP contribution in [0.3, 0.4) is 0 Å². The van der Waals surface area contributed by atoms with Gasteiger partial charge in [-0.1, -0.05) is 32.9 Å². The lowest BCUT2D eigenvalue weighted by atomic mass is 9.98. The monoisotopic (exact) mass is 249 g/mol. The van der Waals surface area contributed by atoms with Gasteiger partial charge in [0.15, 0.2) is 0 Å². The third kappa shape index (κ3) is 3.76. The highest BCUT2D eigenvalue weighted by Gasteiger charge is 2.14. The smallest absolute Gasteiger partial charge is 0.308 e. The van der Waals surface area contributed by atoms with E-state index in [1.807, 2.05) is 11.9 Å². The molecule has 100 valence electrons. The van der Waals surface area contributed by atoms with E-state index in [0.29, 0.717) is 12.5 Å². The second-order valence-electron chi connectivity index (χ2n) is 5.02. The SMILES string of the molecule is CCC(C)c1ccc(N(C)CC(C)C(=O)O)cc1. The van der Waals surface area contributed by atoms with E-state index < -0.39 is 5.97 Å². The average Bonchev–Trinajstić information content (AvgIpc) is 2.37. The largest absolute Gasteiger partial charge is 0.481 e. The van der Waals surface area contributed by atoms with E-state index in [0.717, 1.165) is 12.1 Å². The third-order valence-corrected chi connectivity index (χ3v) is 3.48. The molecule has 0 saturated heterocycles. The molecule has 2 atom stereocenters. The highest BCUT2D eigenvalue weighted by molar-refractivity contribution is 5.70. The Bertz CT molecular complexity index is 386. The quantitative estimate of drug-likeness (QED) is 0.840. The van der Waals surface area contributed by atoms with Gasteiger partial charge >= 0.3 is 5.97 Å². The van der Waals surface area contributed by atoms with Crippen LogP contribution in [0.5, 0.6) is 0 Å². The van der Waals surface area contributed by atoms with Crippen molar-refractivity contribution < 1.29 is 9.90 Å². The van der Waals surface area contributed by atoms with E-state index in [-0.39, 0.29) is 5.92 Å². The van der Waals surface area contributed by atoms with Crippen LogP contribution < -0.4 is 4.90 Å². The number of aliphatic carboxylic acids is 1. The number of benzene rings is 1. The lowest BCUT2D eigenvalue weighted by molar-refractivity contribution is -0.140. The highest BCUT2D eigenvalue weighted by atomic mass is 16.4. The molecule has 1 aromatic rings. The van der Waals surface area contributed by atoms with Gasteiger partial charge in [0.25, 0.3) is 0 Å². The molecule has 0 aliphatic rings. The van der Waals surface area contributed by atoms with Crippen LogP contribution in [0.15, 0.2) is 24.3 Å². The van der Waals surface area contributed by atoms with Gasteiger partial charge in [-0.3, -0.25) is 4.79 Å². The topological polar surface area (TPSA) is 40.5 Å². The van der Waals surface area contributed by atoms with Crippen LogP contribution in [-0.2, 0) is 4.79 Å². The second-order valence-corrected chi connectivity index (χ2v) is 5.02. The van der Waals surface area contributed by atoms with Crippen LogP contribution in [0, 0.1) is 5.92 Å². The van der Waals surface area contributed by atoms with Crippen LogP contribution >= 0.6 is 0 Å². The number of hydrogen-bond donors (Lipinski definition) is 1. The summed E-state index contributed by atoms with van der Waals surface area (Å²) in [5, 5.41) is 8.90. The molecule has 18 heavy (non-hydrogen) atoms. The van der Waals surface area contributed by atoms with Crippen LogP contribution in [0.25, 0.3) is 0 Å². The molecule has 0 spiro atoms. The molecule has 0 aliphatic heterocycles. The molecule has 0 saturated carbocycles. The van der Waals surface area contributed by atoms with Gasteiger partial charge in [0, 0.05) is 19.3 Å². The molecule has 0 fully saturated rings. The summed E-state index contributed by atoms with van der Waals surface area (Å²) in [6, 6.07) is 8.39. The maximum atomic E-state index is 10.8. The third-order valence-electron chi connectivity index (χ3n) is 3.48. The Morgan fingerprint density at radius 3 is 2.28 bits per heavy atom. The summed E-state index contributed by atoms with van der Waals surface area (Å²) < 4.78 is 0. The van der Waals surface area contributed by atoms with Crippen molar-refractivity contribution in [3.8, 4) is 0 Å². The Labute approximate surface area is 109 Å². The van der Waals surface area contributed by atoms with Gasteiger partial charge < -0.3 is 10.0 Å². The standard InChI is InChI=1S/C15H23NO2/c1-5-11(2)13-6-8-14(9-7-13)16(4)10-12(3)15(17)18/h6-9,11-12H,5,10H2,1-4H3,(H,17,18). The van der Waals surface area contributed by atoms with E-state index >= 15 is 0 Å². The molecular formula is C15H23NO2. The van der Waals surface area contributed by atoms with Gasteiger partial charge in [-0.25, -0.2) is 0 Å². The summed E-state index contributed by atoms with van der Waals surface area (Å²) in [7, 11) is 1.93. The fourth-order valence-corrected chi connectivity index (χ4v) is 1.89. The average molecular weight is 249 g/mol. The number of carboxylic acids is 1. The van der Waals surface area contributed by atoms with Crippen molar-refractivity contribution in [3.05, 3.63) is 29.8 Å². The van der Waals surface area contributed by atoms with E-state index in [1.54, 1.807) is 6.92 Å². The van der Waals surface area contributed by atoms with Crippen LogP contribution in [0.1, 0.15) is 38.7 Å². The first-order valence-corrected chi connectivity index (χ1v) is 6.49. The Kier molecular flexibility index (Phi) is 5.20. The number of anilines is 1. The zero-order valence-corrected chi connectivity index (χ0v) is 11.7. The molecule has 0 bridgehead atoms. The van der Waals surface area contributed by atoms with E-state index in [2.05, 4.69) is 38.1 Å². The van der Waals surface area contributed by atoms with Gasteiger partial charge in [-0.15, -0.1) is 0 Å². The Hall–Kier alpha value is -1.51. The normalized spacial score (nSPS) is 14.0. The van der Waals surface area contributed by atoms with E-state index in [1.165, 1.54) is 5.56 Å². The molecule has 2 unspecified atom stereocenters. The summed E-state index contributed by atoms with van der Waals surface area (Å²) in [6.45, 7) is 6.65. The molecule has 1 N–H and O–H groups in total. The van der Waals surface area contributed by atoms with Gasteiger partial charge in [0.05, 0.1) is 5.92 Å². The van der Waals surface area contributed by atoms with Crippen LogP contribution in [0.4, 0.5) is 5.69 Å². The van der Waals surface area contributed by atoms with Gasteiger partial charge in [-0.2, -0.15) is 0 Å². The molecule has 0 aliphatic carbocycles. The summed E-state index contributed by atoms with van der Waals surface area (Å²) >= 11 is 0. The van der Waals surface area contributed by atoms with Gasteiger partial charge in [0.1, 0.15) is 0 Å². The van der Waals surface area contributed by atoms with Crippen LogP contribution in [-0.4, -0.2) is 24.7 Å². The molecule has 0 heterocycles. The molecule has 1 rings (SSSR count). The molecule has 3 nitrogen and oxygen atoms in total. The van der Waals surface area contributed by atoms with Crippen molar-refractivity contribution in [3.63, 3.8) is 0 Å². The van der Waals surface area contributed by atoms with Gasteiger partial charge in [0.2, 0.25) is 0 Å². The Balaban J connectivity index is 2.70. The Morgan fingerprint density at radius 1 is 1.28 bits per heavy atom. The zero-order valence-electron chi connectivity index (χ0n) is 11.7. The van der Waals surface area contributed by atoms with E-state index in [9.17, 15) is 4.79 Å². The summed E-state index contributed by atoms with van der Waals surface area (Å²) in [5.74, 6) is -0.537. The molecule has 1 aromatic carbocycles. The number of carbonyl (C=O) groups is 1. The lowest BCUT2D eigenvalue weighted by Gasteiger charge is -2.22. The predicted octanol–water partition coefficient (Wildman–Crippen LogP) is 3.36. The molecule has 0 aromatic heterocycles. The number of hydrogen-bond acceptors (Lipinski definition) is 2. The summed E-state index contributed by atoms with van der Waals surface area (Å²) in [4.78, 5) is 12.8. The van der Waals surface area contributed by atoms with Crippen molar-refractivity contribution in [2.45, 2.75) is 33.1 Å². The lowest BCUT2D eigenvalue weighted by Crippen LogP contribution is -2.28. The highest BCUT2D eigenvalue weighted by Crippen LogP contribution is 2.22. The van der Waals surface area contributed by atoms with Gasteiger partial charge in [-0.05, 0) is 30.0 Å². The molecular weight excluding hydrogens is 226 g/mol.